The van der Waals surface area contributed by atoms with Gasteiger partial charge in [-0.3, -0.25) is 4.79 Å². The lowest BCUT2D eigenvalue weighted by molar-refractivity contribution is 0.0946. The number of rotatable bonds is 9. The van der Waals surface area contributed by atoms with Crippen LogP contribution >= 0.6 is 0 Å². The highest BCUT2D eigenvalue weighted by Crippen LogP contribution is 2.03. The van der Waals surface area contributed by atoms with Gasteiger partial charge in [0.15, 0.2) is 5.69 Å². The van der Waals surface area contributed by atoms with Gasteiger partial charge in [0.1, 0.15) is 5.82 Å². The second kappa shape index (κ2) is 9.25. The van der Waals surface area contributed by atoms with Gasteiger partial charge in [0.2, 0.25) is 0 Å². The van der Waals surface area contributed by atoms with Crippen molar-refractivity contribution in [2.24, 2.45) is 5.92 Å². The van der Waals surface area contributed by atoms with Crippen LogP contribution in [0.2, 0.25) is 0 Å². The summed E-state index contributed by atoms with van der Waals surface area (Å²) in [7, 11) is 1.67. The number of nitrogens with zero attached hydrogens (tertiary/aromatic N) is 2. The van der Waals surface area contributed by atoms with Crippen molar-refractivity contribution in [1.82, 2.24) is 15.5 Å². The van der Waals surface area contributed by atoms with E-state index in [2.05, 4.69) is 34.7 Å². The van der Waals surface area contributed by atoms with Crippen molar-refractivity contribution in [2.45, 2.75) is 26.7 Å². The molecule has 6 nitrogen and oxygen atoms in total. The summed E-state index contributed by atoms with van der Waals surface area (Å²) < 4.78 is 4.96. The minimum Gasteiger partial charge on any atom is -0.385 e. The number of aromatic nitrogens is 2. The lowest BCUT2D eigenvalue weighted by Crippen LogP contribution is -2.26. The third-order valence-electron chi connectivity index (χ3n) is 2.74. The van der Waals surface area contributed by atoms with E-state index in [1.165, 1.54) is 0 Å². The smallest absolute Gasteiger partial charge is 0.271 e. The molecule has 2 N–H and O–H groups in total. The molecule has 0 aliphatic carbocycles. The van der Waals surface area contributed by atoms with Crippen molar-refractivity contribution in [1.29, 1.82) is 0 Å². The molecule has 0 bridgehead atoms. The van der Waals surface area contributed by atoms with E-state index in [1.807, 2.05) is 0 Å². The molecule has 0 radical (unpaired) electrons. The van der Waals surface area contributed by atoms with Gasteiger partial charge in [-0.2, -0.15) is 0 Å². The van der Waals surface area contributed by atoms with Crippen LogP contribution in [0.1, 0.15) is 37.2 Å². The molecular weight excluding hydrogens is 256 g/mol. The van der Waals surface area contributed by atoms with E-state index < -0.39 is 0 Å². The Labute approximate surface area is 120 Å². The van der Waals surface area contributed by atoms with Crippen LogP contribution in [0.3, 0.4) is 0 Å². The zero-order valence-corrected chi connectivity index (χ0v) is 12.5. The fourth-order valence-electron chi connectivity index (χ4n) is 1.55. The predicted octanol–water partition coefficient (Wildman–Crippen LogP) is 1.70. The van der Waals surface area contributed by atoms with Crippen molar-refractivity contribution < 1.29 is 9.53 Å². The van der Waals surface area contributed by atoms with Crippen LogP contribution in [0.5, 0.6) is 0 Å². The minimum absolute atomic E-state index is 0.177. The second-order valence-corrected chi connectivity index (χ2v) is 5.02. The van der Waals surface area contributed by atoms with Crippen molar-refractivity contribution in [3.05, 3.63) is 17.8 Å². The Bertz CT molecular complexity index is 393. The predicted molar refractivity (Wildman–Crippen MR) is 78.8 cm³/mol. The molecule has 0 unspecified atom stereocenters. The summed E-state index contributed by atoms with van der Waals surface area (Å²) in [4.78, 5) is 11.8. The van der Waals surface area contributed by atoms with Crippen LogP contribution in [0.4, 0.5) is 5.82 Å². The van der Waals surface area contributed by atoms with Crippen LogP contribution in [-0.4, -0.2) is 42.9 Å². The Morgan fingerprint density at radius 3 is 2.70 bits per heavy atom. The minimum atomic E-state index is -0.177. The molecule has 6 heteroatoms. The third kappa shape index (κ3) is 6.47. The molecule has 0 saturated carbocycles. The van der Waals surface area contributed by atoms with Crippen molar-refractivity contribution in [3.63, 3.8) is 0 Å². The maximum Gasteiger partial charge on any atom is 0.271 e. The summed E-state index contributed by atoms with van der Waals surface area (Å²) in [5, 5.41) is 13.8. The number of carbonyl (C=O) groups is 1. The number of hydrogen-bond donors (Lipinski definition) is 2. The highest BCUT2D eigenvalue weighted by molar-refractivity contribution is 5.92. The summed E-state index contributed by atoms with van der Waals surface area (Å²) in [5.74, 6) is 1.06. The van der Waals surface area contributed by atoms with E-state index in [4.69, 9.17) is 4.74 Å². The highest BCUT2D eigenvalue weighted by atomic mass is 16.5. The van der Waals surface area contributed by atoms with Crippen LogP contribution in [0.25, 0.3) is 0 Å². The zero-order valence-electron chi connectivity index (χ0n) is 12.5. The van der Waals surface area contributed by atoms with E-state index in [0.29, 0.717) is 30.6 Å². The molecule has 1 heterocycles. The number of nitrogens with one attached hydrogen (secondary N) is 2. The Balaban J connectivity index is 2.35. The van der Waals surface area contributed by atoms with E-state index in [9.17, 15) is 4.79 Å². The molecular formula is C14H24N4O2. The summed E-state index contributed by atoms with van der Waals surface area (Å²) >= 11 is 0. The molecule has 112 valence electrons. The maximum absolute atomic E-state index is 11.8. The van der Waals surface area contributed by atoms with Crippen molar-refractivity contribution >= 4 is 11.7 Å². The third-order valence-corrected chi connectivity index (χ3v) is 2.74. The number of amides is 1. The van der Waals surface area contributed by atoms with Gasteiger partial charge < -0.3 is 15.4 Å². The van der Waals surface area contributed by atoms with Gasteiger partial charge in [-0.25, -0.2) is 0 Å². The Kier molecular flexibility index (Phi) is 7.57. The SMILES string of the molecule is COCCCNc1ccc(C(=O)NCCC(C)C)nn1. The summed E-state index contributed by atoms with van der Waals surface area (Å²) in [6.45, 7) is 6.38. The Morgan fingerprint density at radius 1 is 1.30 bits per heavy atom. The van der Waals surface area contributed by atoms with Gasteiger partial charge in [-0.05, 0) is 30.9 Å². The highest BCUT2D eigenvalue weighted by Gasteiger charge is 2.07. The standard InChI is InChI=1S/C14H24N4O2/c1-11(2)7-9-16-14(19)12-5-6-13(18-17-12)15-8-4-10-20-3/h5-6,11H,4,7-10H2,1-3H3,(H,15,18)(H,16,19). The molecule has 0 aliphatic rings. The average molecular weight is 280 g/mol. The summed E-state index contributed by atoms with van der Waals surface area (Å²) in [6.07, 6.45) is 1.86. The quantitative estimate of drug-likeness (QED) is 0.673. The molecule has 0 aromatic carbocycles. The van der Waals surface area contributed by atoms with Crippen molar-refractivity contribution in [2.75, 3.05) is 32.1 Å². The first-order chi connectivity index (χ1) is 9.63. The summed E-state index contributed by atoms with van der Waals surface area (Å²) in [6, 6.07) is 3.44. The van der Waals surface area contributed by atoms with Crippen LogP contribution < -0.4 is 10.6 Å². The molecule has 1 rings (SSSR count). The van der Waals surface area contributed by atoms with Gasteiger partial charge in [0, 0.05) is 26.8 Å². The first-order valence-electron chi connectivity index (χ1n) is 6.98. The average Bonchev–Trinajstić information content (AvgIpc) is 2.44. The van der Waals surface area contributed by atoms with Gasteiger partial charge in [-0.1, -0.05) is 13.8 Å². The van der Waals surface area contributed by atoms with Gasteiger partial charge >= 0.3 is 0 Å². The monoisotopic (exact) mass is 280 g/mol. The zero-order chi connectivity index (χ0) is 14.8. The number of anilines is 1. The van der Waals surface area contributed by atoms with Crippen LogP contribution in [-0.2, 0) is 4.74 Å². The number of ether oxygens (including phenoxy) is 1. The van der Waals surface area contributed by atoms with Crippen LogP contribution in [0.15, 0.2) is 12.1 Å². The van der Waals surface area contributed by atoms with Crippen molar-refractivity contribution in [3.8, 4) is 0 Å². The summed E-state index contributed by atoms with van der Waals surface area (Å²) in [5.41, 5.74) is 0.344. The molecule has 20 heavy (non-hydrogen) atoms. The fraction of sp³-hybridized carbons (Fsp3) is 0.643. The molecule has 1 amide bonds. The Hall–Kier alpha value is -1.69. The van der Waals surface area contributed by atoms with Crippen LogP contribution in [0, 0.1) is 5.92 Å². The molecule has 1 aromatic heterocycles. The van der Waals surface area contributed by atoms with E-state index in [-0.39, 0.29) is 5.91 Å². The molecule has 0 aliphatic heterocycles. The normalized spacial score (nSPS) is 10.6. The maximum atomic E-state index is 11.8. The molecule has 0 spiro atoms. The van der Waals surface area contributed by atoms with E-state index in [0.717, 1.165) is 19.4 Å². The number of hydrogen-bond acceptors (Lipinski definition) is 5. The van der Waals surface area contributed by atoms with E-state index in [1.54, 1.807) is 19.2 Å². The fourth-order valence-corrected chi connectivity index (χ4v) is 1.55. The number of carbonyl (C=O) groups excluding carboxylic acids is 1. The van der Waals surface area contributed by atoms with Gasteiger partial charge in [0.25, 0.3) is 5.91 Å². The topological polar surface area (TPSA) is 76.1 Å². The van der Waals surface area contributed by atoms with E-state index >= 15 is 0 Å². The Morgan fingerprint density at radius 2 is 2.10 bits per heavy atom. The molecule has 0 atom stereocenters. The lowest BCUT2D eigenvalue weighted by atomic mass is 10.1. The van der Waals surface area contributed by atoms with Gasteiger partial charge in [-0.15, -0.1) is 10.2 Å². The molecule has 1 aromatic rings. The molecule has 0 saturated heterocycles. The first-order valence-corrected chi connectivity index (χ1v) is 6.98. The number of methoxy groups -OCH3 is 1. The van der Waals surface area contributed by atoms with Gasteiger partial charge in [0.05, 0.1) is 0 Å². The second-order valence-electron chi connectivity index (χ2n) is 5.02. The first kappa shape index (κ1) is 16.4. The molecule has 0 fully saturated rings. The largest absolute Gasteiger partial charge is 0.385 e. The lowest BCUT2D eigenvalue weighted by Gasteiger charge is -2.07.